The molecule has 1 unspecified atom stereocenters. The first-order chi connectivity index (χ1) is 18.6. The van der Waals surface area contributed by atoms with Crippen LogP contribution in [0.4, 0.5) is 4.79 Å². The molecule has 0 spiro atoms. The van der Waals surface area contributed by atoms with Crippen LogP contribution in [0.25, 0.3) is 0 Å². The first kappa shape index (κ1) is 31.0. The fraction of sp³-hybridized carbons (Fsp3) is 0.462. The first-order valence-corrected chi connectivity index (χ1v) is 12.6. The van der Waals surface area contributed by atoms with Crippen molar-refractivity contribution < 1.29 is 38.2 Å². The van der Waals surface area contributed by atoms with Crippen LogP contribution in [-0.4, -0.2) is 91.8 Å². The molecule has 0 aliphatic carbocycles. The van der Waals surface area contributed by atoms with Gasteiger partial charge in [0.1, 0.15) is 11.9 Å². The highest BCUT2D eigenvalue weighted by molar-refractivity contribution is 6.13. The number of benzene rings is 1. The highest BCUT2D eigenvalue weighted by atomic mass is 16.6. The Morgan fingerprint density at radius 1 is 0.949 bits per heavy atom. The van der Waals surface area contributed by atoms with Crippen molar-refractivity contribution >= 4 is 35.7 Å². The number of likely N-dealkylation sites (N-methyl/N-ethyl adjacent to an activating group) is 1. The molecule has 13 nitrogen and oxygen atoms in total. The molecule has 1 heterocycles. The van der Waals surface area contributed by atoms with Gasteiger partial charge in [-0.25, -0.2) is 4.79 Å². The molecule has 39 heavy (non-hydrogen) atoms. The monoisotopic (exact) mass is 545 g/mol. The number of alkyl carbamates (subject to hydrolysis) is 1. The minimum absolute atomic E-state index is 0.0145. The molecule has 0 aromatic heterocycles. The Morgan fingerprint density at radius 2 is 1.56 bits per heavy atom. The predicted octanol–water partition coefficient (Wildman–Crippen LogP) is 0.269. The zero-order valence-electron chi connectivity index (χ0n) is 22.4. The molecular weight excluding hydrogens is 510 g/mol. The molecule has 0 saturated heterocycles. The summed E-state index contributed by atoms with van der Waals surface area (Å²) in [5.74, 6) is -1.40. The number of nitrogens with one attached hydrogen (secondary N) is 3. The van der Waals surface area contributed by atoms with Crippen LogP contribution in [-0.2, 0) is 28.7 Å². The largest absolute Gasteiger partial charge is 0.442 e. The normalized spacial score (nSPS) is 13.3. The van der Waals surface area contributed by atoms with Gasteiger partial charge in [0.05, 0.1) is 6.54 Å². The molecule has 0 radical (unpaired) electrons. The Labute approximate surface area is 226 Å². The SMILES string of the molecule is CCC(=O)Oc1ccc(C(C)OC(=O)NCCN(CCNC(=O)CCN2C(=O)C=CC2=O)CC(=O)NC)cc1. The van der Waals surface area contributed by atoms with Gasteiger partial charge in [0, 0.05) is 64.8 Å². The maximum absolute atomic E-state index is 12.3. The Balaban J connectivity index is 1.73. The molecular formula is C26H35N5O8. The van der Waals surface area contributed by atoms with Crippen LogP contribution in [0.1, 0.15) is 38.4 Å². The van der Waals surface area contributed by atoms with E-state index in [1.165, 1.54) is 7.05 Å². The third kappa shape index (κ3) is 10.9. The smallest absolute Gasteiger partial charge is 0.407 e. The van der Waals surface area contributed by atoms with E-state index in [1.807, 2.05) is 0 Å². The number of hydrogen-bond acceptors (Lipinski definition) is 9. The van der Waals surface area contributed by atoms with E-state index in [4.69, 9.17) is 9.47 Å². The molecule has 2 rings (SSSR count). The van der Waals surface area contributed by atoms with Crippen molar-refractivity contribution in [1.29, 1.82) is 0 Å². The van der Waals surface area contributed by atoms with Gasteiger partial charge in [-0.15, -0.1) is 0 Å². The first-order valence-electron chi connectivity index (χ1n) is 12.6. The maximum atomic E-state index is 12.3. The topological polar surface area (TPSA) is 163 Å². The third-order valence-electron chi connectivity index (χ3n) is 5.71. The summed E-state index contributed by atoms with van der Waals surface area (Å²) >= 11 is 0. The van der Waals surface area contributed by atoms with Gasteiger partial charge in [-0.05, 0) is 24.6 Å². The Kier molecular flexibility index (Phi) is 12.6. The van der Waals surface area contributed by atoms with E-state index < -0.39 is 24.0 Å². The molecule has 5 amide bonds. The Bertz CT molecular complexity index is 1050. The lowest BCUT2D eigenvalue weighted by Crippen LogP contribution is -2.44. The number of ether oxygens (including phenoxy) is 2. The maximum Gasteiger partial charge on any atom is 0.407 e. The fourth-order valence-electron chi connectivity index (χ4n) is 3.46. The summed E-state index contributed by atoms with van der Waals surface area (Å²) in [6, 6.07) is 6.65. The highest BCUT2D eigenvalue weighted by Gasteiger charge is 2.23. The molecule has 0 bridgehead atoms. The van der Waals surface area contributed by atoms with Gasteiger partial charge in [0.15, 0.2) is 0 Å². The Morgan fingerprint density at radius 3 is 2.15 bits per heavy atom. The summed E-state index contributed by atoms with van der Waals surface area (Å²) in [6.07, 6.45) is 1.35. The van der Waals surface area contributed by atoms with E-state index in [2.05, 4.69) is 16.0 Å². The van der Waals surface area contributed by atoms with Crippen LogP contribution in [0, 0.1) is 0 Å². The van der Waals surface area contributed by atoms with Crippen molar-refractivity contribution in [2.24, 2.45) is 0 Å². The van der Waals surface area contributed by atoms with Crippen LogP contribution in [0.5, 0.6) is 5.75 Å². The van der Waals surface area contributed by atoms with Crippen molar-refractivity contribution in [1.82, 2.24) is 25.8 Å². The second-order valence-electron chi connectivity index (χ2n) is 8.58. The van der Waals surface area contributed by atoms with Crippen molar-refractivity contribution in [3.8, 4) is 5.75 Å². The number of carbonyl (C=O) groups excluding carboxylic acids is 6. The summed E-state index contributed by atoms with van der Waals surface area (Å²) in [4.78, 5) is 73.5. The quantitative estimate of drug-likeness (QED) is 0.159. The average Bonchev–Trinajstić information content (AvgIpc) is 3.23. The molecule has 1 aromatic carbocycles. The van der Waals surface area contributed by atoms with E-state index in [0.717, 1.165) is 17.1 Å². The van der Waals surface area contributed by atoms with E-state index in [9.17, 15) is 28.8 Å². The van der Waals surface area contributed by atoms with Crippen LogP contribution < -0.4 is 20.7 Å². The molecule has 0 saturated carbocycles. The van der Waals surface area contributed by atoms with Gasteiger partial charge < -0.3 is 25.4 Å². The van der Waals surface area contributed by atoms with E-state index in [-0.39, 0.29) is 56.8 Å². The second-order valence-corrected chi connectivity index (χ2v) is 8.58. The number of nitrogens with zero attached hydrogens (tertiary/aromatic N) is 2. The summed E-state index contributed by atoms with van der Waals surface area (Å²) < 4.78 is 10.5. The summed E-state index contributed by atoms with van der Waals surface area (Å²) in [6.45, 7) is 4.49. The lowest BCUT2D eigenvalue weighted by molar-refractivity contribution is -0.137. The minimum Gasteiger partial charge on any atom is -0.442 e. The molecule has 1 aliphatic rings. The van der Waals surface area contributed by atoms with Gasteiger partial charge in [0.2, 0.25) is 11.8 Å². The number of hydrogen-bond donors (Lipinski definition) is 3. The third-order valence-corrected chi connectivity index (χ3v) is 5.71. The van der Waals surface area contributed by atoms with Crippen molar-refractivity contribution in [3.63, 3.8) is 0 Å². The molecule has 13 heteroatoms. The standard InChI is InChI=1S/C26H35N5O8/c1-4-25(36)39-20-7-5-19(6-8-20)18(2)38-26(37)29-13-16-30(17-22(33)27-3)15-12-28-21(32)11-14-31-23(34)9-10-24(31)35/h5-10,18H,4,11-17H2,1-3H3,(H,27,33)(H,28,32)(H,29,37). The van der Waals surface area contributed by atoms with Crippen LogP contribution in [0.15, 0.2) is 36.4 Å². The van der Waals surface area contributed by atoms with Gasteiger partial charge in [-0.3, -0.25) is 33.8 Å². The van der Waals surface area contributed by atoms with Crippen LogP contribution >= 0.6 is 0 Å². The number of imide groups is 1. The molecule has 1 atom stereocenters. The summed E-state index contributed by atoms with van der Waals surface area (Å²) in [7, 11) is 1.51. The molecule has 0 fully saturated rings. The van der Waals surface area contributed by atoms with Gasteiger partial charge in [-0.2, -0.15) is 0 Å². The van der Waals surface area contributed by atoms with Gasteiger partial charge in [0.25, 0.3) is 11.8 Å². The molecule has 1 aliphatic heterocycles. The Hall–Kier alpha value is -4.26. The van der Waals surface area contributed by atoms with Crippen LogP contribution in [0.2, 0.25) is 0 Å². The molecule has 1 aromatic rings. The van der Waals surface area contributed by atoms with Crippen molar-refractivity contribution in [2.45, 2.75) is 32.8 Å². The van der Waals surface area contributed by atoms with Crippen molar-refractivity contribution in [2.75, 3.05) is 46.3 Å². The summed E-state index contributed by atoms with van der Waals surface area (Å²) in [5.41, 5.74) is 0.716. The minimum atomic E-state index is -0.641. The fourth-order valence-corrected chi connectivity index (χ4v) is 3.46. The zero-order valence-corrected chi connectivity index (χ0v) is 22.4. The predicted molar refractivity (Wildman–Crippen MR) is 139 cm³/mol. The number of carbonyl (C=O) groups is 6. The van der Waals surface area contributed by atoms with Gasteiger partial charge in [-0.1, -0.05) is 19.1 Å². The number of amides is 5. The molecule has 3 N–H and O–H groups in total. The highest BCUT2D eigenvalue weighted by Crippen LogP contribution is 2.20. The zero-order chi connectivity index (χ0) is 28.8. The lowest BCUT2D eigenvalue weighted by atomic mass is 10.1. The summed E-state index contributed by atoms with van der Waals surface area (Å²) in [5, 5.41) is 7.87. The second kappa shape index (κ2) is 15.9. The average molecular weight is 546 g/mol. The van der Waals surface area contributed by atoms with E-state index in [0.29, 0.717) is 24.4 Å². The van der Waals surface area contributed by atoms with E-state index >= 15 is 0 Å². The van der Waals surface area contributed by atoms with Crippen LogP contribution in [0.3, 0.4) is 0 Å². The van der Waals surface area contributed by atoms with Gasteiger partial charge >= 0.3 is 12.1 Å². The number of rotatable bonds is 15. The van der Waals surface area contributed by atoms with Crippen molar-refractivity contribution in [3.05, 3.63) is 42.0 Å². The molecule has 212 valence electrons. The number of esters is 1. The lowest BCUT2D eigenvalue weighted by Gasteiger charge is -2.22. The van der Waals surface area contributed by atoms with E-state index in [1.54, 1.807) is 43.0 Å².